The van der Waals surface area contributed by atoms with Crippen LogP contribution in [-0.2, 0) is 20.7 Å². The normalized spacial score (nSPS) is 9.83. The van der Waals surface area contributed by atoms with Crippen molar-refractivity contribution in [3.63, 3.8) is 0 Å². The van der Waals surface area contributed by atoms with Crippen LogP contribution in [0.25, 0.3) is 0 Å². The Hall–Kier alpha value is -2.40. The number of anilines is 1. The van der Waals surface area contributed by atoms with E-state index in [-0.39, 0.29) is 18.9 Å². The van der Waals surface area contributed by atoms with Crippen LogP contribution in [0, 0.1) is 14.9 Å². The maximum atomic E-state index is 11.8. The molecule has 2 rings (SSSR count). The highest BCUT2D eigenvalue weighted by molar-refractivity contribution is 14.1. The van der Waals surface area contributed by atoms with Gasteiger partial charge in [0.15, 0.2) is 6.61 Å². The second-order valence-corrected chi connectivity index (χ2v) is 6.16. The molecule has 5 nitrogen and oxygen atoms in total. The van der Waals surface area contributed by atoms with Crippen molar-refractivity contribution in [1.29, 1.82) is 5.26 Å². The van der Waals surface area contributed by atoms with Gasteiger partial charge in [0.2, 0.25) is 0 Å². The van der Waals surface area contributed by atoms with Crippen LogP contribution in [0.3, 0.4) is 0 Å². The van der Waals surface area contributed by atoms with Gasteiger partial charge in [-0.25, -0.2) is 0 Å². The highest BCUT2D eigenvalue weighted by atomic mass is 127. The van der Waals surface area contributed by atoms with Gasteiger partial charge in [0.25, 0.3) is 5.91 Å². The average Bonchev–Trinajstić information content (AvgIpc) is 2.60. The van der Waals surface area contributed by atoms with Crippen LogP contribution < -0.4 is 5.32 Å². The first-order chi connectivity index (χ1) is 11.6. The second-order valence-electron chi connectivity index (χ2n) is 5.00. The number of carbonyl (C=O) groups is 2. The van der Waals surface area contributed by atoms with Crippen molar-refractivity contribution >= 4 is 40.2 Å². The van der Waals surface area contributed by atoms with Crippen LogP contribution in [0.15, 0.2) is 48.5 Å². The number of benzene rings is 2. The number of carbonyl (C=O) groups excluding carboxylic acids is 2. The zero-order valence-electron chi connectivity index (χ0n) is 12.8. The molecule has 0 aliphatic heterocycles. The number of rotatable bonds is 6. The van der Waals surface area contributed by atoms with E-state index in [9.17, 15) is 9.59 Å². The number of nitrogens with zero attached hydrogens (tertiary/aromatic N) is 1. The number of ether oxygens (including phenoxy) is 1. The molecule has 0 saturated carbocycles. The Morgan fingerprint density at radius 1 is 1.12 bits per heavy atom. The van der Waals surface area contributed by atoms with Crippen molar-refractivity contribution in [2.75, 3.05) is 11.9 Å². The third-order valence-corrected chi connectivity index (χ3v) is 4.15. The van der Waals surface area contributed by atoms with Gasteiger partial charge in [0.05, 0.1) is 17.3 Å². The molecule has 122 valence electrons. The SMILES string of the molecule is N#Cc1ccc(CCC(=O)OCC(=O)Nc2ccccc2I)cc1. The quantitative estimate of drug-likeness (QED) is 0.559. The number of esters is 1. The molecule has 2 aromatic carbocycles. The minimum absolute atomic E-state index is 0.183. The first-order valence-corrected chi connectivity index (χ1v) is 8.35. The largest absolute Gasteiger partial charge is 0.456 e. The maximum Gasteiger partial charge on any atom is 0.306 e. The standard InChI is InChI=1S/C18H15IN2O3/c19-15-3-1-2-4-16(15)21-17(22)12-24-18(23)10-9-13-5-7-14(11-20)8-6-13/h1-8H,9-10,12H2,(H,21,22). The van der Waals surface area contributed by atoms with E-state index >= 15 is 0 Å². The summed E-state index contributed by atoms with van der Waals surface area (Å²) in [5.41, 5.74) is 2.21. The van der Waals surface area contributed by atoms with E-state index in [0.29, 0.717) is 17.7 Å². The summed E-state index contributed by atoms with van der Waals surface area (Å²) < 4.78 is 5.89. The van der Waals surface area contributed by atoms with Crippen molar-refractivity contribution in [1.82, 2.24) is 0 Å². The number of nitriles is 1. The van der Waals surface area contributed by atoms with Crippen molar-refractivity contribution < 1.29 is 14.3 Å². The Kier molecular flexibility index (Phi) is 6.75. The van der Waals surface area contributed by atoms with Gasteiger partial charge in [-0.05, 0) is 58.8 Å². The Bertz CT molecular complexity index is 767. The van der Waals surface area contributed by atoms with Crippen molar-refractivity contribution in [2.45, 2.75) is 12.8 Å². The molecular formula is C18H15IN2O3. The number of aryl methyl sites for hydroxylation is 1. The third-order valence-electron chi connectivity index (χ3n) is 3.21. The number of hydrogen-bond acceptors (Lipinski definition) is 4. The molecule has 0 aliphatic rings. The lowest BCUT2D eigenvalue weighted by atomic mass is 10.1. The first kappa shape index (κ1) is 17.9. The van der Waals surface area contributed by atoms with Crippen LogP contribution in [0.4, 0.5) is 5.69 Å². The van der Waals surface area contributed by atoms with Crippen molar-refractivity contribution in [3.05, 3.63) is 63.2 Å². The lowest BCUT2D eigenvalue weighted by Gasteiger charge is -2.08. The Balaban J connectivity index is 1.73. The van der Waals surface area contributed by atoms with E-state index in [1.807, 2.05) is 24.3 Å². The highest BCUT2D eigenvalue weighted by Crippen LogP contribution is 2.16. The van der Waals surface area contributed by atoms with Crippen LogP contribution in [0.1, 0.15) is 17.5 Å². The molecule has 0 bridgehead atoms. The number of nitrogens with one attached hydrogen (secondary N) is 1. The number of amides is 1. The van der Waals surface area contributed by atoms with Gasteiger partial charge in [0.1, 0.15) is 0 Å². The monoisotopic (exact) mass is 434 g/mol. The van der Waals surface area contributed by atoms with Crippen LogP contribution >= 0.6 is 22.6 Å². The van der Waals surface area contributed by atoms with E-state index in [4.69, 9.17) is 10.00 Å². The van der Waals surface area contributed by atoms with Crippen molar-refractivity contribution in [2.24, 2.45) is 0 Å². The van der Waals surface area contributed by atoms with Gasteiger partial charge in [-0.2, -0.15) is 5.26 Å². The van der Waals surface area contributed by atoms with E-state index < -0.39 is 5.97 Å². The lowest BCUT2D eigenvalue weighted by molar-refractivity contribution is -0.147. The molecule has 1 N–H and O–H groups in total. The van der Waals surface area contributed by atoms with E-state index in [1.165, 1.54) is 0 Å². The zero-order valence-corrected chi connectivity index (χ0v) is 14.9. The fraction of sp³-hybridized carbons (Fsp3) is 0.167. The molecule has 0 unspecified atom stereocenters. The summed E-state index contributed by atoms with van der Waals surface area (Å²) in [6.45, 7) is -0.308. The average molecular weight is 434 g/mol. The Labute approximate surface area is 153 Å². The molecular weight excluding hydrogens is 419 g/mol. The topological polar surface area (TPSA) is 79.2 Å². The first-order valence-electron chi connectivity index (χ1n) is 7.27. The third kappa shape index (κ3) is 5.66. The molecule has 6 heteroatoms. The maximum absolute atomic E-state index is 11.8. The molecule has 0 aromatic heterocycles. The fourth-order valence-electron chi connectivity index (χ4n) is 1.96. The molecule has 0 radical (unpaired) electrons. The van der Waals surface area contributed by atoms with Gasteiger partial charge in [-0.3, -0.25) is 9.59 Å². The second kappa shape index (κ2) is 9.03. The van der Waals surface area contributed by atoms with E-state index in [1.54, 1.807) is 30.3 Å². The number of halogens is 1. The molecule has 0 spiro atoms. The van der Waals surface area contributed by atoms with E-state index in [0.717, 1.165) is 9.13 Å². The summed E-state index contributed by atoms with van der Waals surface area (Å²) >= 11 is 2.12. The lowest BCUT2D eigenvalue weighted by Crippen LogP contribution is -2.21. The minimum Gasteiger partial charge on any atom is -0.456 e. The molecule has 0 atom stereocenters. The molecule has 1 amide bonds. The Morgan fingerprint density at radius 2 is 1.83 bits per heavy atom. The molecule has 24 heavy (non-hydrogen) atoms. The van der Waals surface area contributed by atoms with Crippen LogP contribution in [-0.4, -0.2) is 18.5 Å². The van der Waals surface area contributed by atoms with Gasteiger partial charge in [-0.1, -0.05) is 24.3 Å². The summed E-state index contributed by atoms with van der Waals surface area (Å²) in [6.07, 6.45) is 0.685. The van der Waals surface area contributed by atoms with Crippen molar-refractivity contribution in [3.8, 4) is 6.07 Å². The highest BCUT2D eigenvalue weighted by Gasteiger charge is 2.09. The van der Waals surface area contributed by atoms with E-state index in [2.05, 4.69) is 27.9 Å². The summed E-state index contributed by atoms with van der Waals surface area (Å²) in [6, 6.07) is 16.4. The van der Waals surface area contributed by atoms with Gasteiger partial charge in [-0.15, -0.1) is 0 Å². The fourth-order valence-corrected chi connectivity index (χ4v) is 2.48. The predicted octanol–water partition coefficient (Wildman–Crippen LogP) is 3.28. The molecule has 0 saturated heterocycles. The van der Waals surface area contributed by atoms with Gasteiger partial charge < -0.3 is 10.1 Å². The van der Waals surface area contributed by atoms with Crippen LogP contribution in [0.5, 0.6) is 0 Å². The number of para-hydroxylation sites is 1. The molecule has 2 aromatic rings. The summed E-state index contributed by atoms with van der Waals surface area (Å²) in [5.74, 6) is -0.803. The summed E-state index contributed by atoms with van der Waals surface area (Å²) in [5, 5.41) is 11.4. The van der Waals surface area contributed by atoms with Crippen LogP contribution in [0.2, 0.25) is 0 Å². The minimum atomic E-state index is -0.433. The van der Waals surface area contributed by atoms with Gasteiger partial charge in [0, 0.05) is 9.99 Å². The smallest absolute Gasteiger partial charge is 0.306 e. The molecule has 0 aliphatic carbocycles. The summed E-state index contributed by atoms with van der Waals surface area (Å²) in [4.78, 5) is 23.5. The Morgan fingerprint density at radius 3 is 2.50 bits per heavy atom. The molecule has 0 heterocycles. The zero-order chi connectivity index (χ0) is 17.4. The predicted molar refractivity (Wildman–Crippen MR) is 98.2 cm³/mol. The number of hydrogen-bond donors (Lipinski definition) is 1. The molecule has 0 fully saturated rings. The van der Waals surface area contributed by atoms with Gasteiger partial charge >= 0.3 is 5.97 Å². The summed E-state index contributed by atoms with van der Waals surface area (Å²) in [7, 11) is 0.